The van der Waals surface area contributed by atoms with E-state index in [1.54, 1.807) is 17.0 Å². The summed E-state index contributed by atoms with van der Waals surface area (Å²) < 4.78 is 39.9. The summed E-state index contributed by atoms with van der Waals surface area (Å²) in [6, 6.07) is 11.0. The van der Waals surface area contributed by atoms with E-state index in [2.05, 4.69) is 4.72 Å². The molecule has 136 valence electrons. The third kappa shape index (κ3) is 3.06. The van der Waals surface area contributed by atoms with Gasteiger partial charge in [-0.3, -0.25) is 9.52 Å². The summed E-state index contributed by atoms with van der Waals surface area (Å²) in [5.74, 6) is 0.256. The van der Waals surface area contributed by atoms with Gasteiger partial charge in [0.15, 0.2) is 0 Å². The van der Waals surface area contributed by atoms with Crippen LogP contribution in [-0.2, 0) is 10.0 Å². The van der Waals surface area contributed by atoms with E-state index < -0.39 is 15.8 Å². The van der Waals surface area contributed by atoms with E-state index in [1.165, 1.54) is 24.3 Å². The first-order valence-corrected chi connectivity index (χ1v) is 9.77. The molecule has 0 spiro atoms. The monoisotopic (exact) mass is 375 g/mol. The molecule has 0 bridgehead atoms. The molecular weight excluding hydrogens is 357 g/mol. The third-order valence-electron chi connectivity index (χ3n) is 5.06. The Bertz CT molecular complexity index is 933. The summed E-state index contributed by atoms with van der Waals surface area (Å²) in [7, 11) is -3.81. The summed E-state index contributed by atoms with van der Waals surface area (Å²) in [5.41, 5.74) is 6.72. The maximum Gasteiger partial charge on any atom is 0.261 e. The SMILES string of the molecule is NC1C2CN(C(=O)c3ccc(NS(=O)(=O)c4ccc(F)cc4)cc3)CC12. The van der Waals surface area contributed by atoms with Crippen LogP contribution in [0.1, 0.15) is 10.4 Å². The number of carbonyl (C=O) groups excluding carboxylic acids is 1. The van der Waals surface area contributed by atoms with Crippen LogP contribution in [-0.4, -0.2) is 38.4 Å². The Kier molecular flexibility index (Phi) is 3.96. The molecule has 2 aromatic carbocycles. The Morgan fingerprint density at radius 2 is 1.62 bits per heavy atom. The van der Waals surface area contributed by atoms with Gasteiger partial charge < -0.3 is 10.6 Å². The predicted molar refractivity (Wildman–Crippen MR) is 94.5 cm³/mol. The van der Waals surface area contributed by atoms with Gasteiger partial charge in [-0.15, -0.1) is 0 Å². The van der Waals surface area contributed by atoms with Crippen molar-refractivity contribution in [1.29, 1.82) is 0 Å². The number of fused-ring (bicyclic) bond motifs is 1. The lowest BCUT2D eigenvalue weighted by atomic mass is 10.2. The zero-order valence-electron chi connectivity index (χ0n) is 13.8. The number of amides is 1. The van der Waals surface area contributed by atoms with Crippen molar-refractivity contribution >= 4 is 21.6 Å². The zero-order valence-corrected chi connectivity index (χ0v) is 14.6. The summed E-state index contributed by atoms with van der Waals surface area (Å²) in [5, 5.41) is 0. The first kappa shape index (κ1) is 17.0. The number of halogens is 1. The zero-order chi connectivity index (χ0) is 18.5. The predicted octanol–water partition coefficient (Wildman–Crippen LogP) is 1.66. The number of piperidine rings is 1. The van der Waals surface area contributed by atoms with Crippen LogP contribution in [0.2, 0.25) is 0 Å². The molecule has 26 heavy (non-hydrogen) atoms. The highest BCUT2D eigenvalue weighted by Gasteiger charge is 2.54. The van der Waals surface area contributed by atoms with Gasteiger partial charge in [0.2, 0.25) is 0 Å². The van der Waals surface area contributed by atoms with Crippen molar-refractivity contribution in [2.75, 3.05) is 17.8 Å². The molecule has 1 aliphatic carbocycles. The minimum absolute atomic E-state index is 0.0355. The molecule has 1 saturated heterocycles. The van der Waals surface area contributed by atoms with Gasteiger partial charge in [0.25, 0.3) is 15.9 Å². The Balaban J connectivity index is 1.44. The second kappa shape index (κ2) is 6.07. The standard InChI is InChI=1S/C18H18FN3O3S/c19-12-3-7-14(8-4-12)26(24,25)21-13-5-1-11(2-6-13)18(23)22-9-15-16(10-22)17(15)20/h1-8,15-17,21H,9-10,20H2. The van der Waals surface area contributed by atoms with Crippen LogP contribution in [0.15, 0.2) is 53.4 Å². The number of carbonyl (C=O) groups is 1. The highest BCUT2D eigenvalue weighted by molar-refractivity contribution is 7.92. The number of nitrogens with two attached hydrogens (primary N) is 1. The second-order valence-electron chi connectivity index (χ2n) is 6.75. The molecule has 4 rings (SSSR count). The van der Waals surface area contributed by atoms with Crippen molar-refractivity contribution in [2.45, 2.75) is 10.9 Å². The summed E-state index contributed by atoms with van der Waals surface area (Å²) in [4.78, 5) is 14.2. The fourth-order valence-corrected chi connectivity index (χ4v) is 4.49. The van der Waals surface area contributed by atoms with E-state index in [0.717, 1.165) is 12.1 Å². The molecule has 0 aromatic heterocycles. The maximum atomic E-state index is 12.9. The van der Waals surface area contributed by atoms with Crippen molar-refractivity contribution in [1.82, 2.24) is 4.90 Å². The normalized spacial score (nSPS) is 24.2. The van der Waals surface area contributed by atoms with E-state index in [1.807, 2.05) is 0 Å². The average Bonchev–Trinajstić information content (AvgIpc) is 3.03. The van der Waals surface area contributed by atoms with Crippen molar-refractivity contribution in [3.63, 3.8) is 0 Å². The molecule has 3 N–H and O–H groups in total. The van der Waals surface area contributed by atoms with Crippen LogP contribution < -0.4 is 10.5 Å². The molecule has 8 heteroatoms. The number of nitrogens with zero attached hydrogens (tertiary/aromatic N) is 1. The Morgan fingerprint density at radius 3 is 2.19 bits per heavy atom. The number of benzene rings is 2. The van der Waals surface area contributed by atoms with E-state index in [0.29, 0.717) is 36.2 Å². The minimum atomic E-state index is -3.81. The van der Waals surface area contributed by atoms with Gasteiger partial charge in [-0.2, -0.15) is 0 Å². The van der Waals surface area contributed by atoms with Gasteiger partial charge in [-0.1, -0.05) is 0 Å². The van der Waals surface area contributed by atoms with Gasteiger partial charge in [0.05, 0.1) is 4.90 Å². The quantitative estimate of drug-likeness (QED) is 0.850. The molecule has 2 aliphatic rings. The summed E-state index contributed by atoms with van der Waals surface area (Å²) in [6.07, 6.45) is 0. The fourth-order valence-electron chi connectivity index (χ4n) is 3.43. The van der Waals surface area contributed by atoms with Crippen LogP contribution in [0.5, 0.6) is 0 Å². The van der Waals surface area contributed by atoms with Gasteiger partial charge in [0.1, 0.15) is 5.82 Å². The number of sulfonamides is 1. The molecule has 2 fully saturated rings. The fraction of sp³-hybridized carbons (Fsp3) is 0.278. The summed E-state index contributed by atoms with van der Waals surface area (Å²) >= 11 is 0. The number of anilines is 1. The first-order valence-electron chi connectivity index (χ1n) is 8.28. The highest BCUT2D eigenvalue weighted by atomic mass is 32.2. The van der Waals surface area contributed by atoms with Crippen LogP contribution in [0.4, 0.5) is 10.1 Å². The number of hydrogen-bond donors (Lipinski definition) is 2. The third-order valence-corrected chi connectivity index (χ3v) is 6.45. The maximum absolute atomic E-state index is 12.9. The highest BCUT2D eigenvalue weighted by Crippen LogP contribution is 2.44. The molecule has 1 amide bonds. The second-order valence-corrected chi connectivity index (χ2v) is 8.43. The van der Waals surface area contributed by atoms with Crippen molar-refractivity contribution < 1.29 is 17.6 Å². The van der Waals surface area contributed by atoms with Crippen molar-refractivity contribution in [2.24, 2.45) is 17.6 Å². The number of likely N-dealkylation sites (tertiary alicyclic amines) is 1. The molecular formula is C18H18FN3O3S. The van der Waals surface area contributed by atoms with Gasteiger partial charge in [-0.25, -0.2) is 12.8 Å². The number of nitrogens with one attached hydrogen (secondary N) is 1. The Hall–Kier alpha value is -2.45. The van der Waals surface area contributed by atoms with Crippen LogP contribution >= 0.6 is 0 Å². The van der Waals surface area contributed by atoms with Gasteiger partial charge in [-0.05, 0) is 60.4 Å². The number of rotatable bonds is 4. The van der Waals surface area contributed by atoms with Crippen molar-refractivity contribution in [3.8, 4) is 0 Å². The molecule has 1 saturated carbocycles. The lowest BCUT2D eigenvalue weighted by Gasteiger charge is -2.19. The Labute approximate surface area is 150 Å². The van der Waals surface area contributed by atoms with E-state index >= 15 is 0 Å². The smallest absolute Gasteiger partial charge is 0.261 e. The molecule has 2 aromatic rings. The van der Waals surface area contributed by atoms with Gasteiger partial charge in [0, 0.05) is 30.4 Å². The van der Waals surface area contributed by atoms with E-state index in [9.17, 15) is 17.6 Å². The minimum Gasteiger partial charge on any atom is -0.338 e. The largest absolute Gasteiger partial charge is 0.338 e. The molecule has 6 nitrogen and oxygen atoms in total. The number of hydrogen-bond acceptors (Lipinski definition) is 4. The molecule has 1 heterocycles. The van der Waals surface area contributed by atoms with Crippen molar-refractivity contribution in [3.05, 3.63) is 59.9 Å². The van der Waals surface area contributed by atoms with E-state index in [4.69, 9.17) is 5.73 Å². The molecule has 0 radical (unpaired) electrons. The summed E-state index contributed by atoms with van der Waals surface area (Å²) in [6.45, 7) is 1.37. The molecule has 2 atom stereocenters. The average molecular weight is 375 g/mol. The topological polar surface area (TPSA) is 92.5 Å². The molecule has 2 unspecified atom stereocenters. The lowest BCUT2D eigenvalue weighted by Crippen LogP contribution is -2.33. The molecule has 1 aliphatic heterocycles. The Morgan fingerprint density at radius 1 is 1.04 bits per heavy atom. The van der Waals surface area contributed by atoms with Gasteiger partial charge >= 0.3 is 0 Å². The lowest BCUT2D eigenvalue weighted by molar-refractivity contribution is 0.0773. The van der Waals surface area contributed by atoms with E-state index in [-0.39, 0.29) is 16.8 Å². The first-order chi connectivity index (χ1) is 12.3. The van der Waals surface area contributed by atoms with Crippen LogP contribution in [0.25, 0.3) is 0 Å². The van der Waals surface area contributed by atoms with Crippen LogP contribution in [0.3, 0.4) is 0 Å². The van der Waals surface area contributed by atoms with Crippen LogP contribution in [0, 0.1) is 17.7 Å².